The van der Waals surface area contributed by atoms with Crippen molar-refractivity contribution >= 4 is 11.8 Å². The molecule has 0 saturated heterocycles. The van der Waals surface area contributed by atoms with Gasteiger partial charge in [0.25, 0.3) is 0 Å². The van der Waals surface area contributed by atoms with E-state index in [2.05, 4.69) is 126 Å². The highest BCUT2D eigenvalue weighted by molar-refractivity contribution is 5.70. The molecule has 0 heterocycles. The predicted octanol–water partition coefficient (Wildman–Crippen LogP) is 12.9. The van der Waals surface area contributed by atoms with Gasteiger partial charge in [0.15, 0.2) is 0 Å². The van der Waals surface area contributed by atoms with Gasteiger partial charge in [0.1, 0.15) is 0 Å². The van der Waals surface area contributed by atoms with E-state index >= 15 is 0 Å². The molecule has 2 aliphatic rings. The van der Waals surface area contributed by atoms with Crippen LogP contribution in [0.1, 0.15) is 128 Å². The Morgan fingerprint density at radius 3 is 1.98 bits per heavy atom. The Morgan fingerprint density at radius 2 is 1.49 bits per heavy atom. The normalized spacial score (nSPS) is 14.5. The van der Waals surface area contributed by atoms with Crippen LogP contribution in [0, 0.1) is 6.92 Å². The molecule has 43 heavy (non-hydrogen) atoms. The van der Waals surface area contributed by atoms with Crippen LogP contribution in [-0.2, 0) is 12.8 Å². The van der Waals surface area contributed by atoms with Crippen molar-refractivity contribution in [3.05, 3.63) is 130 Å². The first kappa shape index (κ1) is 37.7. The van der Waals surface area contributed by atoms with Crippen molar-refractivity contribution in [1.82, 2.24) is 5.32 Å². The maximum absolute atomic E-state index is 4.34. The third kappa shape index (κ3) is 14.1. The van der Waals surface area contributed by atoms with Crippen LogP contribution in [0.4, 0.5) is 0 Å². The minimum atomic E-state index is 0.906. The van der Waals surface area contributed by atoms with E-state index in [0.29, 0.717) is 0 Å². The lowest BCUT2D eigenvalue weighted by Crippen LogP contribution is -2.14. The van der Waals surface area contributed by atoms with Gasteiger partial charge in [-0.05, 0) is 86.8 Å². The van der Waals surface area contributed by atoms with Crippen LogP contribution >= 0.6 is 0 Å². The monoisotopic (exact) mass is 579 g/mol. The van der Waals surface area contributed by atoms with Gasteiger partial charge in [-0.3, -0.25) is 0 Å². The van der Waals surface area contributed by atoms with Crippen molar-refractivity contribution in [3.63, 3.8) is 0 Å². The number of allylic oxidation sites excluding steroid dienone is 6. The van der Waals surface area contributed by atoms with E-state index in [1.54, 1.807) is 0 Å². The molecule has 0 radical (unpaired) electrons. The second kappa shape index (κ2) is 22.3. The van der Waals surface area contributed by atoms with E-state index in [4.69, 9.17) is 0 Å². The molecule has 2 aromatic rings. The SMILES string of the molecule is C1CCCCC1.C=C(/C(C)=C/c1cc(CC)ccc1C)/C(=C\C)NC(=C)c1ccccc1CC.CC.CC1=CCCC=C1. The van der Waals surface area contributed by atoms with Crippen LogP contribution < -0.4 is 5.32 Å². The minimum absolute atomic E-state index is 0.906. The van der Waals surface area contributed by atoms with Crippen molar-refractivity contribution in [2.45, 2.75) is 120 Å². The van der Waals surface area contributed by atoms with Crippen molar-refractivity contribution in [3.8, 4) is 0 Å². The molecule has 0 aliphatic heterocycles. The Morgan fingerprint density at radius 1 is 0.860 bits per heavy atom. The standard InChI is InChI=1S/C27H33N.C7H10.C6H12.C2H6/c1-8-23-16-15-19(4)25(18-23)17-20(5)21(6)27(10-3)28-22(7)26-14-12-11-13-24(26)9-2;1-7-5-3-2-4-6-7;1-2-4-6-5-3-1;1-2/h10-18,28H,6-9H2,1-5H3;3,5-6H,2,4H2,1H3;1-6H2;1-2H3/b20-17+,27-10+;;;. The molecule has 4 rings (SSSR count). The van der Waals surface area contributed by atoms with Crippen LogP contribution in [0.2, 0.25) is 0 Å². The third-order valence-electron chi connectivity index (χ3n) is 7.90. The van der Waals surface area contributed by atoms with Gasteiger partial charge in [0.2, 0.25) is 0 Å². The molecule has 1 saturated carbocycles. The lowest BCUT2D eigenvalue weighted by Gasteiger charge is -2.18. The molecular weight excluding hydrogens is 518 g/mol. The Kier molecular flexibility index (Phi) is 19.5. The van der Waals surface area contributed by atoms with E-state index in [9.17, 15) is 0 Å². The van der Waals surface area contributed by atoms with Gasteiger partial charge < -0.3 is 5.32 Å². The highest BCUT2D eigenvalue weighted by Crippen LogP contribution is 2.24. The summed E-state index contributed by atoms with van der Waals surface area (Å²) in [4.78, 5) is 0. The lowest BCUT2D eigenvalue weighted by atomic mass is 9.97. The average Bonchev–Trinajstić information content (AvgIpc) is 3.06. The summed E-state index contributed by atoms with van der Waals surface area (Å²) < 4.78 is 0. The van der Waals surface area contributed by atoms with Gasteiger partial charge >= 0.3 is 0 Å². The molecule has 1 fully saturated rings. The van der Waals surface area contributed by atoms with E-state index in [0.717, 1.165) is 40.9 Å². The molecule has 0 atom stereocenters. The van der Waals surface area contributed by atoms with Gasteiger partial charge in [0, 0.05) is 17.0 Å². The highest BCUT2D eigenvalue weighted by atomic mass is 14.9. The summed E-state index contributed by atoms with van der Waals surface area (Å²) in [6, 6.07) is 15.1. The molecule has 2 aromatic carbocycles. The van der Waals surface area contributed by atoms with E-state index < -0.39 is 0 Å². The molecule has 1 N–H and O–H groups in total. The maximum Gasteiger partial charge on any atom is 0.0411 e. The van der Waals surface area contributed by atoms with Crippen LogP contribution in [0.25, 0.3) is 11.8 Å². The van der Waals surface area contributed by atoms with Crippen LogP contribution in [-0.4, -0.2) is 0 Å². The zero-order valence-corrected chi connectivity index (χ0v) is 28.9. The van der Waals surface area contributed by atoms with Crippen molar-refractivity contribution in [2.75, 3.05) is 0 Å². The maximum atomic E-state index is 4.34. The first-order valence-electron chi connectivity index (χ1n) is 16.8. The number of nitrogens with one attached hydrogen (secondary N) is 1. The number of hydrogen-bond acceptors (Lipinski definition) is 1. The van der Waals surface area contributed by atoms with Gasteiger partial charge in [-0.1, -0.05) is 158 Å². The number of hydrogen-bond donors (Lipinski definition) is 1. The van der Waals surface area contributed by atoms with E-state index in [1.165, 1.54) is 79.2 Å². The van der Waals surface area contributed by atoms with Gasteiger partial charge in [0.05, 0.1) is 0 Å². The number of benzene rings is 2. The number of rotatable bonds is 8. The Labute approximate surface area is 266 Å². The summed E-state index contributed by atoms with van der Waals surface area (Å²) in [5, 5.41) is 3.49. The van der Waals surface area contributed by atoms with Crippen molar-refractivity contribution in [2.24, 2.45) is 0 Å². The summed E-state index contributed by atoms with van der Waals surface area (Å²) in [7, 11) is 0. The molecule has 0 aromatic heterocycles. The zero-order valence-electron chi connectivity index (χ0n) is 28.9. The molecule has 0 amide bonds. The lowest BCUT2D eigenvalue weighted by molar-refractivity contribution is 0.504. The predicted molar refractivity (Wildman–Crippen MR) is 196 cm³/mol. The second-order valence-electron chi connectivity index (χ2n) is 11.2. The van der Waals surface area contributed by atoms with E-state index in [1.807, 2.05) is 20.8 Å². The highest BCUT2D eigenvalue weighted by Gasteiger charge is 2.10. The smallest absolute Gasteiger partial charge is 0.0411 e. The first-order chi connectivity index (χ1) is 20.8. The summed E-state index contributed by atoms with van der Waals surface area (Å²) >= 11 is 0. The number of aryl methyl sites for hydroxylation is 3. The van der Waals surface area contributed by atoms with Crippen LogP contribution in [0.5, 0.6) is 0 Å². The molecule has 1 nitrogen and oxygen atoms in total. The average molecular weight is 580 g/mol. The Balaban J connectivity index is 0.000000498. The molecule has 0 bridgehead atoms. The second-order valence-corrected chi connectivity index (χ2v) is 11.2. The summed E-state index contributed by atoms with van der Waals surface area (Å²) in [6.07, 6.45) is 24.4. The Bertz CT molecular complexity index is 1230. The molecule has 0 spiro atoms. The minimum Gasteiger partial charge on any atom is -0.355 e. The fraction of sp³-hybridized carbons (Fsp3) is 0.429. The fourth-order valence-electron chi connectivity index (χ4n) is 5.08. The van der Waals surface area contributed by atoms with Crippen LogP contribution in [0.3, 0.4) is 0 Å². The summed E-state index contributed by atoms with van der Waals surface area (Å²) in [6.45, 7) is 25.4. The topological polar surface area (TPSA) is 12.0 Å². The molecule has 1 heteroatoms. The summed E-state index contributed by atoms with van der Waals surface area (Å²) in [5.74, 6) is 0. The quantitative estimate of drug-likeness (QED) is 0.307. The Hall–Kier alpha value is -3.32. The van der Waals surface area contributed by atoms with Gasteiger partial charge in [-0.15, -0.1) is 0 Å². The van der Waals surface area contributed by atoms with E-state index in [-0.39, 0.29) is 0 Å². The van der Waals surface area contributed by atoms with Gasteiger partial charge in [-0.2, -0.15) is 0 Å². The molecular formula is C42H61N. The molecule has 0 unspecified atom stereocenters. The largest absolute Gasteiger partial charge is 0.355 e. The van der Waals surface area contributed by atoms with Crippen molar-refractivity contribution < 1.29 is 0 Å². The molecule has 2 aliphatic carbocycles. The molecule has 234 valence electrons. The summed E-state index contributed by atoms with van der Waals surface area (Å²) in [5.41, 5.74) is 11.8. The van der Waals surface area contributed by atoms with Crippen molar-refractivity contribution in [1.29, 1.82) is 0 Å². The zero-order chi connectivity index (χ0) is 32.0. The first-order valence-corrected chi connectivity index (χ1v) is 16.8. The van der Waals surface area contributed by atoms with Gasteiger partial charge in [-0.25, -0.2) is 0 Å². The van der Waals surface area contributed by atoms with Crippen LogP contribution in [0.15, 0.2) is 102 Å². The fourth-order valence-corrected chi connectivity index (χ4v) is 5.08. The third-order valence-corrected chi connectivity index (χ3v) is 7.90.